The van der Waals surface area contributed by atoms with Gasteiger partial charge in [-0.25, -0.2) is 9.37 Å². The van der Waals surface area contributed by atoms with Crippen LogP contribution in [0.4, 0.5) is 4.39 Å². The van der Waals surface area contributed by atoms with Gasteiger partial charge in [-0.3, -0.25) is 14.2 Å². The van der Waals surface area contributed by atoms with Gasteiger partial charge >= 0.3 is 0 Å². The summed E-state index contributed by atoms with van der Waals surface area (Å²) in [4.78, 5) is 33.0. The predicted molar refractivity (Wildman–Crippen MR) is 124 cm³/mol. The summed E-state index contributed by atoms with van der Waals surface area (Å²) in [6, 6.07) is 18.9. The molecular formula is C25H21ClFN3O2. The van der Waals surface area contributed by atoms with Gasteiger partial charge in [0.05, 0.1) is 22.6 Å². The van der Waals surface area contributed by atoms with E-state index in [9.17, 15) is 14.0 Å². The van der Waals surface area contributed by atoms with Crippen LogP contribution in [-0.4, -0.2) is 26.9 Å². The molecule has 0 bridgehead atoms. The highest BCUT2D eigenvalue weighted by molar-refractivity contribution is 6.30. The van der Waals surface area contributed by atoms with E-state index >= 15 is 0 Å². The van der Waals surface area contributed by atoms with Crippen LogP contribution in [0.1, 0.15) is 36.1 Å². The lowest BCUT2D eigenvalue weighted by Crippen LogP contribution is -2.37. The lowest BCUT2D eigenvalue weighted by molar-refractivity contribution is 0.0693. The second kappa shape index (κ2) is 8.93. The summed E-state index contributed by atoms with van der Waals surface area (Å²) < 4.78 is 16.0. The van der Waals surface area contributed by atoms with E-state index in [2.05, 4.69) is 0 Å². The third kappa shape index (κ3) is 3.89. The first-order valence-corrected chi connectivity index (χ1v) is 10.6. The number of benzene rings is 3. The quantitative estimate of drug-likeness (QED) is 0.410. The van der Waals surface area contributed by atoms with Crippen molar-refractivity contribution in [3.05, 3.63) is 105 Å². The normalized spacial score (nSPS) is 12.0. The Morgan fingerprint density at radius 1 is 1.06 bits per heavy atom. The lowest BCUT2D eigenvalue weighted by atomic mass is 10.1. The Morgan fingerprint density at radius 2 is 1.72 bits per heavy atom. The van der Waals surface area contributed by atoms with Crippen molar-refractivity contribution in [3.8, 4) is 5.69 Å². The maximum Gasteiger partial charge on any atom is 0.266 e. The van der Waals surface area contributed by atoms with Crippen LogP contribution in [0.25, 0.3) is 16.6 Å². The maximum atomic E-state index is 14.8. The van der Waals surface area contributed by atoms with E-state index in [4.69, 9.17) is 16.6 Å². The minimum atomic E-state index is -0.611. The Kier molecular flexibility index (Phi) is 6.06. The molecule has 0 radical (unpaired) electrons. The topological polar surface area (TPSA) is 55.2 Å². The van der Waals surface area contributed by atoms with Crippen molar-refractivity contribution in [1.82, 2.24) is 14.5 Å². The number of hydrogen-bond acceptors (Lipinski definition) is 3. The summed E-state index contributed by atoms with van der Waals surface area (Å²) in [6.45, 7) is 3.99. The number of rotatable bonds is 5. The van der Waals surface area contributed by atoms with Gasteiger partial charge in [0, 0.05) is 17.1 Å². The monoisotopic (exact) mass is 449 g/mol. The third-order valence-corrected chi connectivity index (χ3v) is 5.68. The molecule has 0 N–H and O–H groups in total. The van der Waals surface area contributed by atoms with Gasteiger partial charge in [0.25, 0.3) is 11.5 Å². The number of fused-ring (bicyclic) bond motifs is 1. The molecule has 1 heterocycles. The average molecular weight is 450 g/mol. The molecule has 7 heteroatoms. The van der Waals surface area contributed by atoms with Crippen LogP contribution in [0.15, 0.2) is 77.6 Å². The molecule has 4 aromatic rings. The Bertz CT molecular complexity index is 1350. The van der Waals surface area contributed by atoms with Crippen molar-refractivity contribution in [3.63, 3.8) is 0 Å². The predicted octanol–water partition coefficient (Wildman–Crippen LogP) is 5.40. The first-order chi connectivity index (χ1) is 15.4. The molecule has 4 rings (SSSR count). The van der Waals surface area contributed by atoms with Gasteiger partial charge < -0.3 is 4.90 Å². The highest BCUT2D eigenvalue weighted by atomic mass is 35.5. The molecule has 0 saturated heterocycles. The smallest absolute Gasteiger partial charge is 0.266 e. The van der Waals surface area contributed by atoms with E-state index in [-0.39, 0.29) is 17.4 Å². The van der Waals surface area contributed by atoms with E-state index in [0.717, 1.165) is 0 Å². The molecule has 0 aliphatic carbocycles. The van der Waals surface area contributed by atoms with E-state index < -0.39 is 17.4 Å². The van der Waals surface area contributed by atoms with Crippen LogP contribution in [0, 0.1) is 5.82 Å². The zero-order chi connectivity index (χ0) is 22.8. The lowest BCUT2D eigenvalue weighted by Gasteiger charge is -2.29. The molecule has 0 aliphatic rings. The van der Waals surface area contributed by atoms with Gasteiger partial charge in [0.2, 0.25) is 0 Å². The van der Waals surface area contributed by atoms with E-state index in [0.29, 0.717) is 28.0 Å². The summed E-state index contributed by atoms with van der Waals surface area (Å²) >= 11 is 5.96. The van der Waals surface area contributed by atoms with Crippen LogP contribution in [-0.2, 0) is 0 Å². The molecule has 1 amide bonds. The largest absolute Gasteiger partial charge is 0.329 e. The molecule has 5 nitrogen and oxygen atoms in total. The maximum absolute atomic E-state index is 14.8. The van der Waals surface area contributed by atoms with Crippen LogP contribution in [0.3, 0.4) is 0 Å². The van der Waals surface area contributed by atoms with Crippen LogP contribution >= 0.6 is 11.6 Å². The number of nitrogens with zero attached hydrogens (tertiary/aromatic N) is 3. The van der Waals surface area contributed by atoms with Gasteiger partial charge in [-0.15, -0.1) is 0 Å². The Balaban J connectivity index is 1.91. The number of halogens is 2. The molecule has 0 aliphatic heterocycles. The Hall–Kier alpha value is -3.51. The van der Waals surface area contributed by atoms with Gasteiger partial charge in [-0.2, -0.15) is 0 Å². The molecule has 0 spiro atoms. The summed E-state index contributed by atoms with van der Waals surface area (Å²) in [5.74, 6) is -0.505. The summed E-state index contributed by atoms with van der Waals surface area (Å²) in [7, 11) is 0. The number of aromatic nitrogens is 2. The van der Waals surface area contributed by atoms with Crippen LogP contribution < -0.4 is 5.56 Å². The highest BCUT2D eigenvalue weighted by Gasteiger charge is 2.27. The number of hydrogen-bond donors (Lipinski definition) is 0. The van der Waals surface area contributed by atoms with Gasteiger partial charge in [-0.1, -0.05) is 35.9 Å². The number of para-hydroxylation sites is 2. The second-order valence-corrected chi connectivity index (χ2v) is 7.79. The minimum Gasteiger partial charge on any atom is -0.329 e. The standard InChI is InChI=1S/C25H21ClFN3O2/c1-3-29(24(31)17-12-14-18(26)15-13-17)16(2)23-28-21-10-6-4-8-19(21)25(32)30(23)22-11-7-5-9-20(22)27/h4-16H,3H2,1-2H3. The first-order valence-electron chi connectivity index (χ1n) is 10.3. The van der Waals surface area contributed by atoms with Crippen LogP contribution in [0.5, 0.6) is 0 Å². The van der Waals surface area contributed by atoms with Gasteiger partial charge in [-0.05, 0) is 62.4 Å². The fraction of sp³-hybridized carbons (Fsp3) is 0.160. The van der Waals surface area contributed by atoms with E-state index in [1.807, 2.05) is 6.92 Å². The van der Waals surface area contributed by atoms with Crippen molar-refractivity contribution in [2.24, 2.45) is 0 Å². The molecule has 162 valence electrons. The van der Waals surface area contributed by atoms with Gasteiger partial charge in [0.1, 0.15) is 11.6 Å². The molecule has 32 heavy (non-hydrogen) atoms. The fourth-order valence-corrected chi connectivity index (χ4v) is 3.91. The van der Waals surface area contributed by atoms with Crippen molar-refractivity contribution < 1.29 is 9.18 Å². The molecule has 3 aromatic carbocycles. The van der Waals surface area contributed by atoms with Crippen LogP contribution in [0.2, 0.25) is 5.02 Å². The molecule has 1 aromatic heterocycles. The molecule has 0 fully saturated rings. The zero-order valence-electron chi connectivity index (χ0n) is 17.6. The number of carbonyl (C=O) groups is 1. The molecule has 0 saturated carbocycles. The summed E-state index contributed by atoms with van der Waals surface area (Å²) in [6.07, 6.45) is 0. The minimum absolute atomic E-state index is 0.0904. The van der Waals surface area contributed by atoms with Crippen molar-refractivity contribution >= 4 is 28.4 Å². The Morgan fingerprint density at radius 3 is 2.41 bits per heavy atom. The number of amides is 1. The zero-order valence-corrected chi connectivity index (χ0v) is 18.4. The summed E-state index contributed by atoms with van der Waals surface area (Å²) in [5.41, 5.74) is 0.649. The third-order valence-electron chi connectivity index (χ3n) is 5.43. The fourth-order valence-electron chi connectivity index (χ4n) is 3.79. The van der Waals surface area contributed by atoms with Crippen molar-refractivity contribution in [2.75, 3.05) is 6.54 Å². The highest BCUT2D eigenvalue weighted by Crippen LogP contribution is 2.25. The SMILES string of the molecule is CCN(C(=O)c1ccc(Cl)cc1)C(C)c1nc2ccccc2c(=O)n1-c1ccccc1F. The van der Waals surface area contributed by atoms with E-state index in [1.165, 1.54) is 16.7 Å². The van der Waals surface area contributed by atoms with E-state index in [1.54, 1.807) is 72.5 Å². The number of carbonyl (C=O) groups excluding carboxylic acids is 1. The Labute approximate surface area is 189 Å². The summed E-state index contributed by atoms with van der Waals surface area (Å²) in [5, 5.41) is 0.904. The molecule has 1 unspecified atom stereocenters. The first kappa shape index (κ1) is 21.7. The average Bonchev–Trinajstić information content (AvgIpc) is 2.80. The second-order valence-electron chi connectivity index (χ2n) is 7.35. The van der Waals surface area contributed by atoms with Gasteiger partial charge in [0.15, 0.2) is 0 Å². The van der Waals surface area contributed by atoms with Crippen molar-refractivity contribution in [2.45, 2.75) is 19.9 Å². The molecule has 1 atom stereocenters. The molecular weight excluding hydrogens is 429 g/mol. The van der Waals surface area contributed by atoms with Crippen molar-refractivity contribution in [1.29, 1.82) is 0 Å².